The second-order valence-electron chi connectivity index (χ2n) is 6.00. The van der Waals surface area contributed by atoms with Crippen LogP contribution in [0.15, 0.2) is 28.6 Å². The van der Waals surface area contributed by atoms with E-state index in [0.717, 1.165) is 34.6 Å². The van der Waals surface area contributed by atoms with Crippen molar-refractivity contribution in [2.75, 3.05) is 18.5 Å². The Morgan fingerprint density at radius 1 is 1.40 bits per heavy atom. The SMILES string of the molecule is Cc1ccc(Nc2nnc(S[C@H](C)C(=O)NC[C@H]3CCCO3)s2)cc1. The number of carbonyl (C=O) groups excluding carboxylic acids is 1. The largest absolute Gasteiger partial charge is 0.376 e. The standard InChI is InChI=1S/C17H22N4O2S2/c1-11-5-7-13(8-6-11)19-16-20-21-17(25-16)24-12(2)15(22)18-10-14-4-3-9-23-14/h5-8,12,14H,3-4,9-10H2,1-2H3,(H,18,22)(H,19,20)/t12-,14-/m1/s1. The number of carbonyl (C=O) groups is 1. The fourth-order valence-corrected chi connectivity index (χ4v) is 4.38. The average Bonchev–Trinajstić information content (AvgIpc) is 3.27. The zero-order chi connectivity index (χ0) is 17.6. The minimum atomic E-state index is -0.221. The summed E-state index contributed by atoms with van der Waals surface area (Å²) in [6.45, 7) is 5.31. The molecular formula is C17H22N4O2S2. The van der Waals surface area contributed by atoms with Crippen molar-refractivity contribution in [3.05, 3.63) is 29.8 Å². The fraction of sp³-hybridized carbons (Fsp3) is 0.471. The van der Waals surface area contributed by atoms with Gasteiger partial charge in [0.15, 0.2) is 4.34 Å². The number of nitrogens with one attached hydrogen (secondary N) is 2. The van der Waals surface area contributed by atoms with Crippen molar-refractivity contribution in [3.63, 3.8) is 0 Å². The van der Waals surface area contributed by atoms with Gasteiger partial charge in [-0.2, -0.15) is 0 Å². The number of hydrogen-bond acceptors (Lipinski definition) is 7. The van der Waals surface area contributed by atoms with Crippen LogP contribution in [0.25, 0.3) is 0 Å². The maximum Gasteiger partial charge on any atom is 0.233 e. The van der Waals surface area contributed by atoms with Gasteiger partial charge in [0.25, 0.3) is 0 Å². The number of ether oxygens (including phenoxy) is 1. The van der Waals surface area contributed by atoms with Crippen molar-refractivity contribution < 1.29 is 9.53 Å². The van der Waals surface area contributed by atoms with Gasteiger partial charge in [-0.15, -0.1) is 10.2 Å². The smallest absolute Gasteiger partial charge is 0.233 e. The predicted octanol–water partition coefficient (Wildman–Crippen LogP) is 3.37. The first-order chi connectivity index (χ1) is 12.1. The van der Waals surface area contributed by atoms with Crippen LogP contribution in [0.2, 0.25) is 0 Å². The Morgan fingerprint density at radius 3 is 2.92 bits per heavy atom. The molecule has 2 atom stereocenters. The normalized spacial score (nSPS) is 18.1. The van der Waals surface area contributed by atoms with Gasteiger partial charge in [-0.05, 0) is 38.8 Å². The molecule has 8 heteroatoms. The van der Waals surface area contributed by atoms with Crippen LogP contribution >= 0.6 is 23.1 Å². The fourth-order valence-electron chi connectivity index (χ4n) is 2.44. The minimum absolute atomic E-state index is 0.00347. The molecule has 0 spiro atoms. The summed E-state index contributed by atoms with van der Waals surface area (Å²) < 4.78 is 6.29. The quantitative estimate of drug-likeness (QED) is 0.720. The third kappa shape index (κ3) is 5.42. The lowest BCUT2D eigenvalue weighted by molar-refractivity contribution is -0.120. The molecule has 1 aliphatic heterocycles. The number of aromatic nitrogens is 2. The van der Waals surface area contributed by atoms with Gasteiger partial charge in [0.2, 0.25) is 11.0 Å². The summed E-state index contributed by atoms with van der Waals surface area (Å²) in [4.78, 5) is 12.2. The Bertz CT molecular complexity index is 699. The lowest BCUT2D eigenvalue weighted by atomic mass is 10.2. The Balaban J connectivity index is 1.48. The molecule has 6 nitrogen and oxygen atoms in total. The van der Waals surface area contributed by atoms with Gasteiger partial charge in [0.1, 0.15) is 0 Å². The van der Waals surface area contributed by atoms with E-state index in [2.05, 4.69) is 27.8 Å². The van der Waals surface area contributed by atoms with Crippen molar-refractivity contribution in [2.45, 2.75) is 42.4 Å². The van der Waals surface area contributed by atoms with Gasteiger partial charge in [-0.25, -0.2) is 0 Å². The van der Waals surface area contributed by atoms with Crippen LogP contribution in [0.3, 0.4) is 0 Å². The Kier molecular flexibility index (Phi) is 6.28. The highest BCUT2D eigenvalue weighted by molar-refractivity contribution is 8.02. The highest BCUT2D eigenvalue weighted by Gasteiger charge is 2.20. The molecule has 0 bridgehead atoms. The third-order valence-corrected chi connectivity index (χ3v) is 5.91. The topological polar surface area (TPSA) is 76.1 Å². The van der Waals surface area contributed by atoms with Crippen LogP contribution in [0.1, 0.15) is 25.3 Å². The highest BCUT2D eigenvalue weighted by Crippen LogP contribution is 2.30. The van der Waals surface area contributed by atoms with Gasteiger partial charge in [0.05, 0.1) is 11.4 Å². The number of nitrogens with zero attached hydrogens (tertiary/aromatic N) is 2. The Labute approximate surface area is 155 Å². The predicted molar refractivity (Wildman–Crippen MR) is 102 cm³/mol. The molecule has 1 fully saturated rings. The summed E-state index contributed by atoms with van der Waals surface area (Å²) in [6.07, 6.45) is 2.26. The van der Waals surface area contributed by atoms with Crippen molar-refractivity contribution in [1.29, 1.82) is 0 Å². The molecule has 25 heavy (non-hydrogen) atoms. The summed E-state index contributed by atoms with van der Waals surface area (Å²) in [5, 5.41) is 15.0. The molecule has 1 aromatic carbocycles. The van der Waals surface area contributed by atoms with E-state index in [0.29, 0.717) is 6.54 Å². The van der Waals surface area contributed by atoms with Crippen LogP contribution in [0.4, 0.5) is 10.8 Å². The lowest BCUT2D eigenvalue weighted by Crippen LogP contribution is -2.36. The molecule has 0 saturated carbocycles. The molecule has 1 aromatic heterocycles. The van der Waals surface area contributed by atoms with Gasteiger partial charge in [0, 0.05) is 18.8 Å². The van der Waals surface area contributed by atoms with Crippen LogP contribution < -0.4 is 10.6 Å². The number of benzene rings is 1. The molecular weight excluding hydrogens is 356 g/mol. The van der Waals surface area contributed by atoms with E-state index in [4.69, 9.17) is 4.74 Å². The van der Waals surface area contributed by atoms with E-state index < -0.39 is 0 Å². The van der Waals surface area contributed by atoms with E-state index in [1.54, 1.807) is 0 Å². The molecule has 0 unspecified atom stereocenters. The van der Waals surface area contributed by atoms with Crippen LogP contribution in [-0.4, -0.2) is 40.6 Å². The molecule has 2 heterocycles. The summed E-state index contributed by atoms with van der Waals surface area (Å²) in [5.41, 5.74) is 2.18. The number of rotatable bonds is 7. The summed E-state index contributed by atoms with van der Waals surface area (Å²) >= 11 is 2.87. The number of amides is 1. The molecule has 2 N–H and O–H groups in total. The number of hydrogen-bond donors (Lipinski definition) is 2. The van der Waals surface area contributed by atoms with Gasteiger partial charge < -0.3 is 15.4 Å². The highest BCUT2D eigenvalue weighted by atomic mass is 32.2. The van der Waals surface area contributed by atoms with Gasteiger partial charge in [-0.3, -0.25) is 4.79 Å². The van der Waals surface area contributed by atoms with Crippen molar-refractivity contribution in [3.8, 4) is 0 Å². The van der Waals surface area contributed by atoms with Crippen molar-refractivity contribution in [1.82, 2.24) is 15.5 Å². The number of thioether (sulfide) groups is 1. The van der Waals surface area contributed by atoms with Crippen LogP contribution in [0, 0.1) is 6.92 Å². The number of anilines is 2. The first-order valence-corrected chi connectivity index (χ1v) is 10.0. The molecule has 0 aliphatic carbocycles. The van der Waals surface area contributed by atoms with E-state index >= 15 is 0 Å². The first-order valence-electron chi connectivity index (χ1n) is 8.33. The van der Waals surface area contributed by atoms with Crippen molar-refractivity contribution >= 4 is 39.8 Å². The van der Waals surface area contributed by atoms with E-state index in [1.807, 2.05) is 31.2 Å². The Hall–Kier alpha value is -1.64. The van der Waals surface area contributed by atoms with E-state index in [-0.39, 0.29) is 17.3 Å². The zero-order valence-electron chi connectivity index (χ0n) is 14.3. The molecule has 1 amide bonds. The molecule has 1 saturated heterocycles. The summed E-state index contributed by atoms with van der Waals surface area (Å²) in [6, 6.07) is 8.09. The molecule has 3 rings (SSSR count). The van der Waals surface area contributed by atoms with Gasteiger partial charge >= 0.3 is 0 Å². The molecule has 0 radical (unpaired) electrons. The van der Waals surface area contributed by atoms with E-state index in [9.17, 15) is 4.79 Å². The van der Waals surface area contributed by atoms with Crippen LogP contribution in [-0.2, 0) is 9.53 Å². The third-order valence-electron chi connectivity index (χ3n) is 3.88. The molecule has 1 aliphatic rings. The second kappa shape index (κ2) is 8.64. The van der Waals surface area contributed by atoms with E-state index in [1.165, 1.54) is 28.7 Å². The second-order valence-corrected chi connectivity index (χ2v) is 8.57. The minimum Gasteiger partial charge on any atom is -0.376 e. The summed E-state index contributed by atoms with van der Waals surface area (Å²) in [7, 11) is 0. The maximum atomic E-state index is 12.2. The summed E-state index contributed by atoms with van der Waals surface area (Å²) in [5.74, 6) is 0.00347. The average molecular weight is 379 g/mol. The Morgan fingerprint density at radius 2 is 2.20 bits per heavy atom. The van der Waals surface area contributed by atoms with Crippen LogP contribution in [0.5, 0.6) is 0 Å². The molecule has 2 aromatic rings. The lowest BCUT2D eigenvalue weighted by Gasteiger charge is -2.13. The first kappa shape index (κ1) is 18.2. The van der Waals surface area contributed by atoms with Gasteiger partial charge in [-0.1, -0.05) is 40.8 Å². The maximum absolute atomic E-state index is 12.2. The zero-order valence-corrected chi connectivity index (χ0v) is 16.0. The monoisotopic (exact) mass is 378 g/mol. The number of aryl methyl sites for hydroxylation is 1. The van der Waals surface area contributed by atoms with Crippen molar-refractivity contribution in [2.24, 2.45) is 0 Å². The molecule has 134 valence electrons.